The number of aromatic nitrogens is 3. The van der Waals surface area contributed by atoms with E-state index in [-0.39, 0.29) is 55.4 Å². The number of H-pyrrole nitrogens is 2. The number of alkyl halides is 3. The molecule has 0 saturated carbocycles. The number of fused-ring (bicyclic) bond motifs is 1. The summed E-state index contributed by atoms with van der Waals surface area (Å²) >= 11 is 0. The number of amidine groups is 1. The van der Waals surface area contributed by atoms with Crippen LogP contribution in [0.4, 0.5) is 27.8 Å². The van der Waals surface area contributed by atoms with Gasteiger partial charge in [-0.3, -0.25) is 10.00 Å². The van der Waals surface area contributed by atoms with Crippen molar-refractivity contribution >= 4 is 29.3 Å². The minimum Gasteiger partial charge on any atom is -0.468 e. The third-order valence-electron chi connectivity index (χ3n) is 5.85. The molecule has 0 amide bonds. The molecule has 4 rings (SSSR count). The van der Waals surface area contributed by atoms with Crippen molar-refractivity contribution in [2.75, 3.05) is 44.8 Å². The molecule has 204 valence electrons. The van der Waals surface area contributed by atoms with Crippen LogP contribution in [0.25, 0.3) is 10.9 Å². The zero-order valence-corrected chi connectivity index (χ0v) is 20.8. The minimum absolute atomic E-state index is 0.0394. The van der Waals surface area contributed by atoms with Crippen LogP contribution in [0, 0.1) is 25.5 Å². The fourth-order valence-electron chi connectivity index (χ4n) is 4.09. The number of rotatable bonds is 8. The van der Waals surface area contributed by atoms with Crippen LogP contribution in [0.1, 0.15) is 11.4 Å². The van der Waals surface area contributed by atoms with E-state index < -0.39 is 24.4 Å². The lowest BCUT2D eigenvalue weighted by atomic mass is 10.2. The fourth-order valence-corrected chi connectivity index (χ4v) is 4.09. The molecule has 38 heavy (non-hydrogen) atoms. The van der Waals surface area contributed by atoms with E-state index in [9.17, 15) is 22.0 Å². The topological polar surface area (TPSA) is 96.9 Å². The van der Waals surface area contributed by atoms with Gasteiger partial charge in [0.2, 0.25) is 0 Å². The van der Waals surface area contributed by atoms with Gasteiger partial charge in [0.1, 0.15) is 11.7 Å². The summed E-state index contributed by atoms with van der Waals surface area (Å²) in [6, 6.07) is 4.15. The first-order valence-corrected chi connectivity index (χ1v) is 11.7. The van der Waals surface area contributed by atoms with Crippen LogP contribution in [0.15, 0.2) is 40.1 Å². The number of aliphatic imine (C=N–C) groups is 2. The van der Waals surface area contributed by atoms with E-state index in [2.05, 4.69) is 37.2 Å². The Hall–Kier alpha value is -3.94. The van der Waals surface area contributed by atoms with Gasteiger partial charge in [-0.05, 0) is 26.6 Å². The van der Waals surface area contributed by atoms with Gasteiger partial charge in [0, 0.05) is 61.2 Å². The van der Waals surface area contributed by atoms with E-state index in [0.717, 1.165) is 11.8 Å². The standard InChI is InChI=1S/C24H27F5N8O/c1-14-8-16-22(26)18(10-17(25)23(16)32-14)38-13-31-21(11-19(30-3)33-20-9-15(2)34-35-20)37-6-4-36(5-7-37)12-24(27,28)29/h8-11,32H,3-7,12-13H2,1-2H3,(H2,33,34,35)/b19-11+,31-21+. The van der Waals surface area contributed by atoms with Crippen LogP contribution in [0.5, 0.6) is 5.75 Å². The Labute approximate surface area is 215 Å². The molecule has 1 aliphatic rings. The second-order valence-electron chi connectivity index (χ2n) is 8.83. The molecule has 0 aliphatic carbocycles. The highest BCUT2D eigenvalue weighted by molar-refractivity contribution is 5.94. The maximum atomic E-state index is 14.9. The van der Waals surface area contributed by atoms with Crippen molar-refractivity contribution in [1.82, 2.24) is 25.0 Å². The largest absolute Gasteiger partial charge is 0.468 e. The third-order valence-corrected chi connectivity index (χ3v) is 5.85. The third kappa shape index (κ3) is 6.68. The summed E-state index contributed by atoms with van der Waals surface area (Å²) in [6.45, 7) is 6.45. The van der Waals surface area contributed by atoms with Crippen LogP contribution in [0.3, 0.4) is 0 Å². The lowest BCUT2D eigenvalue weighted by Gasteiger charge is -2.36. The molecule has 1 fully saturated rings. The van der Waals surface area contributed by atoms with E-state index >= 15 is 0 Å². The van der Waals surface area contributed by atoms with Crippen LogP contribution in [-0.4, -0.2) is 83.2 Å². The first-order valence-electron chi connectivity index (χ1n) is 11.7. The lowest BCUT2D eigenvalue weighted by molar-refractivity contribution is -0.148. The molecule has 3 N–H and O–H groups in total. The van der Waals surface area contributed by atoms with Crippen molar-refractivity contribution in [3.8, 4) is 5.75 Å². The number of aryl methyl sites for hydroxylation is 2. The van der Waals surface area contributed by atoms with Crippen LogP contribution < -0.4 is 10.1 Å². The number of benzene rings is 1. The molecule has 3 heterocycles. The molecule has 3 aromatic rings. The highest BCUT2D eigenvalue weighted by atomic mass is 19.4. The van der Waals surface area contributed by atoms with E-state index in [4.69, 9.17) is 4.74 Å². The minimum atomic E-state index is -4.29. The van der Waals surface area contributed by atoms with E-state index in [1.54, 1.807) is 17.9 Å². The summed E-state index contributed by atoms with van der Waals surface area (Å²) in [4.78, 5) is 14.2. The Morgan fingerprint density at radius 3 is 2.53 bits per heavy atom. The van der Waals surface area contributed by atoms with E-state index in [1.807, 2.05) is 6.92 Å². The van der Waals surface area contributed by atoms with Gasteiger partial charge < -0.3 is 19.9 Å². The summed E-state index contributed by atoms with van der Waals surface area (Å²) in [5, 5.41) is 9.89. The lowest BCUT2D eigenvalue weighted by Crippen LogP contribution is -2.50. The summed E-state index contributed by atoms with van der Waals surface area (Å²) < 4.78 is 73.2. The first-order chi connectivity index (χ1) is 18.0. The monoisotopic (exact) mass is 538 g/mol. The highest BCUT2D eigenvalue weighted by Gasteiger charge is 2.32. The molecule has 9 nitrogen and oxygen atoms in total. The maximum Gasteiger partial charge on any atom is 0.401 e. The SMILES string of the molecule is C=N/C(=C\C(=N/COc1cc(F)c2[nH]c(C)cc2c1F)N1CCN(CC(F)(F)F)CC1)Nc1cc(C)[nH]n1. The van der Waals surface area contributed by atoms with E-state index in [0.29, 0.717) is 17.3 Å². The van der Waals surface area contributed by atoms with Crippen molar-refractivity contribution in [2.45, 2.75) is 20.0 Å². The van der Waals surface area contributed by atoms with Crippen molar-refractivity contribution < 1.29 is 26.7 Å². The molecule has 0 radical (unpaired) electrons. The van der Waals surface area contributed by atoms with Gasteiger partial charge in [-0.15, -0.1) is 0 Å². The molecule has 14 heteroatoms. The van der Waals surface area contributed by atoms with Gasteiger partial charge >= 0.3 is 6.18 Å². The summed E-state index contributed by atoms with van der Waals surface area (Å²) in [6.07, 6.45) is -2.76. The molecule has 1 aromatic carbocycles. The average Bonchev–Trinajstić information content (AvgIpc) is 3.45. The Morgan fingerprint density at radius 1 is 1.16 bits per heavy atom. The van der Waals surface area contributed by atoms with E-state index in [1.165, 1.54) is 17.0 Å². The number of halogens is 5. The molecular formula is C24H27F5N8O. The van der Waals surface area contributed by atoms with Crippen molar-refractivity contribution in [3.63, 3.8) is 0 Å². The Morgan fingerprint density at radius 2 is 1.89 bits per heavy atom. The zero-order chi connectivity index (χ0) is 27.4. The Kier molecular flexibility index (Phi) is 7.99. The second-order valence-corrected chi connectivity index (χ2v) is 8.83. The fraction of sp³-hybridized carbons (Fsp3) is 0.375. The van der Waals surface area contributed by atoms with Crippen LogP contribution >= 0.6 is 0 Å². The smallest absolute Gasteiger partial charge is 0.401 e. The number of ether oxygens (including phenoxy) is 1. The van der Waals surface area contributed by atoms with Gasteiger partial charge in [-0.1, -0.05) is 0 Å². The average molecular weight is 539 g/mol. The molecule has 0 bridgehead atoms. The van der Waals surface area contributed by atoms with Gasteiger partial charge in [0.15, 0.2) is 29.9 Å². The predicted molar refractivity (Wildman–Crippen MR) is 135 cm³/mol. The predicted octanol–water partition coefficient (Wildman–Crippen LogP) is 4.35. The van der Waals surface area contributed by atoms with Gasteiger partial charge in [0.25, 0.3) is 0 Å². The quantitative estimate of drug-likeness (QED) is 0.225. The van der Waals surface area contributed by atoms with Gasteiger partial charge in [-0.2, -0.15) is 18.3 Å². The van der Waals surface area contributed by atoms with Crippen molar-refractivity contribution in [1.29, 1.82) is 0 Å². The highest BCUT2D eigenvalue weighted by Crippen LogP contribution is 2.29. The number of hydrogen-bond donors (Lipinski definition) is 3. The molecular weight excluding hydrogens is 511 g/mol. The molecule has 0 atom stereocenters. The molecule has 1 saturated heterocycles. The molecule has 1 aliphatic heterocycles. The number of hydrogen-bond acceptors (Lipinski definition) is 6. The second kappa shape index (κ2) is 11.2. The Bertz CT molecular complexity index is 1350. The number of nitrogens with zero attached hydrogens (tertiary/aromatic N) is 5. The summed E-state index contributed by atoms with van der Waals surface area (Å²) in [5.41, 5.74) is 1.44. The first kappa shape index (κ1) is 27.1. The summed E-state index contributed by atoms with van der Waals surface area (Å²) in [7, 11) is 0. The number of anilines is 1. The summed E-state index contributed by atoms with van der Waals surface area (Å²) in [5.74, 6) is -0.663. The van der Waals surface area contributed by atoms with Crippen molar-refractivity contribution in [3.05, 3.63) is 53.1 Å². The van der Waals surface area contributed by atoms with Crippen molar-refractivity contribution in [2.24, 2.45) is 9.98 Å². The number of aromatic amines is 2. The Balaban J connectivity index is 1.55. The van der Waals surface area contributed by atoms with Gasteiger partial charge in [-0.25, -0.2) is 18.8 Å². The van der Waals surface area contributed by atoms with Crippen LogP contribution in [-0.2, 0) is 0 Å². The number of piperazine rings is 1. The molecule has 0 spiro atoms. The molecule has 2 aromatic heterocycles. The van der Waals surface area contributed by atoms with Gasteiger partial charge in [0.05, 0.1) is 12.1 Å². The van der Waals surface area contributed by atoms with Crippen LogP contribution in [0.2, 0.25) is 0 Å². The normalized spacial score (nSPS) is 15.8. The number of nitrogens with one attached hydrogen (secondary N) is 3. The zero-order valence-electron chi connectivity index (χ0n) is 20.8. The maximum absolute atomic E-state index is 14.9. The molecule has 0 unspecified atom stereocenters.